The van der Waals surface area contributed by atoms with Crippen molar-refractivity contribution in [3.8, 4) is 28.5 Å². The molecular formula is C26H20N6O7. The zero-order valence-corrected chi connectivity index (χ0v) is 20.1. The molecule has 2 aliphatic heterocycles. The van der Waals surface area contributed by atoms with Crippen LogP contribution in [-0.4, -0.2) is 71.1 Å². The average molecular weight is 528 g/mol. The van der Waals surface area contributed by atoms with Crippen molar-refractivity contribution < 1.29 is 29.5 Å². The smallest absolute Gasteiger partial charge is 0.280 e. The normalized spacial score (nSPS) is 22.3. The fourth-order valence-electron chi connectivity index (χ4n) is 5.66. The van der Waals surface area contributed by atoms with Crippen LogP contribution < -0.4 is 15.0 Å². The molecule has 5 aromatic rings. The summed E-state index contributed by atoms with van der Waals surface area (Å²) in [4.78, 5) is 32.2. The minimum atomic E-state index is -0.864. The second-order valence-corrected chi connectivity index (χ2v) is 9.59. The van der Waals surface area contributed by atoms with Crippen molar-refractivity contribution in [3.05, 3.63) is 58.3 Å². The molecule has 0 spiro atoms. The number of aliphatic imine (C=N–C) groups is 1. The van der Waals surface area contributed by atoms with Gasteiger partial charge in [-0.05, 0) is 11.6 Å². The number of benzene rings is 2. The van der Waals surface area contributed by atoms with Crippen LogP contribution in [0.4, 0.5) is 5.95 Å². The van der Waals surface area contributed by atoms with Crippen LogP contribution in [0.25, 0.3) is 33.1 Å². The van der Waals surface area contributed by atoms with Crippen molar-refractivity contribution in [1.29, 1.82) is 0 Å². The van der Waals surface area contributed by atoms with Gasteiger partial charge in [-0.2, -0.15) is 4.98 Å². The largest absolute Gasteiger partial charge is 0.494 e. The number of imidazole rings is 1. The molecule has 1 saturated heterocycles. The van der Waals surface area contributed by atoms with Crippen LogP contribution in [-0.2, 0) is 4.74 Å². The minimum Gasteiger partial charge on any atom is -0.494 e. The molecule has 1 aliphatic carbocycles. The summed E-state index contributed by atoms with van der Waals surface area (Å²) in [7, 11) is 0. The number of hydrogen-bond donors (Lipinski definition) is 5. The summed E-state index contributed by atoms with van der Waals surface area (Å²) < 4.78 is 18.7. The van der Waals surface area contributed by atoms with Crippen molar-refractivity contribution in [2.45, 2.75) is 24.9 Å². The molecule has 0 radical (unpaired) electrons. The Labute approximate surface area is 218 Å². The Morgan fingerprint density at radius 3 is 2.85 bits per heavy atom. The van der Waals surface area contributed by atoms with Gasteiger partial charge in [-0.3, -0.25) is 14.3 Å². The van der Waals surface area contributed by atoms with E-state index >= 15 is 0 Å². The molecule has 13 heteroatoms. The third-order valence-corrected chi connectivity index (χ3v) is 7.43. The maximum absolute atomic E-state index is 13.0. The van der Waals surface area contributed by atoms with Gasteiger partial charge in [0.25, 0.3) is 5.56 Å². The Bertz CT molecular complexity index is 1920. The lowest BCUT2D eigenvalue weighted by Crippen LogP contribution is -2.24. The SMILES string of the molecule is O=c1[nH]c(/N=C2/c3ccccc3-c3c4c(cc5c(O)[nH]c2c35)OCO4)nc2c1ncn2[C@H]1C[C@H](O)[C@@H](CO)O1. The van der Waals surface area contributed by atoms with E-state index in [1.807, 2.05) is 24.3 Å². The lowest BCUT2D eigenvalue weighted by molar-refractivity contribution is -0.0432. The summed E-state index contributed by atoms with van der Waals surface area (Å²) in [6, 6.07) is 9.31. The maximum atomic E-state index is 13.0. The Kier molecular flexibility index (Phi) is 4.51. The molecule has 1 fully saturated rings. The van der Waals surface area contributed by atoms with Gasteiger partial charge in [0.15, 0.2) is 28.5 Å². The summed E-state index contributed by atoms with van der Waals surface area (Å²) in [6.45, 7) is -0.257. The zero-order valence-electron chi connectivity index (χ0n) is 20.1. The number of fused-ring (bicyclic) bond motifs is 5. The molecule has 0 amide bonds. The molecular weight excluding hydrogens is 508 g/mol. The number of aliphatic hydroxyl groups is 2. The number of H-pyrrole nitrogens is 2. The van der Waals surface area contributed by atoms with Crippen LogP contribution in [0.2, 0.25) is 0 Å². The van der Waals surface area contributed by atoms with Crippen LogP contribution in [0.5, 0.6) is 17.4 Å². The van der Waals surface area contributed by atoms with Crippen molar-refractivity contribution in [3.63, 3.8) is 0 Å². The highest BCUT2D eigenvalue weighted by atomic mass is 16.7. The lowest BCUT2D eigenvalue weighted by Gasteiger charge is -2.20. The summed E-state index contributed by atoms with van der Waals surface area (Å²) in [5.74, 6) is 1.10. The first-order chi connectivity index (χ1) is 19.0. The molecule has 3 aliphatic rings. The number of ether oxygens (including phenoxy) is 3. The Morgan fingerprint density at radius 2 is 2.03 bits per heavy atom. The fraction of sp³-hybridized carbons (Fsp3) is 0.231. The molecule has 3 atom stereocenters. The van der Waals surface area contributed by atoms with Crippen molar-refractivity contribution in [2.24, 2.45) is 4.99 Å². The highest BCUT2D eigenvalue weighted by molar-refractivity contribution is 6.29. The zero-order chi connectivity index (χ0) is 26.4. The van der Waals surface area contributed by atoms with E-state index in [9.17, 15) is 20.1 Å². The van der Waals surface area contributed by atoms with Gasteiger partial charge in [0.1, 0.15) is 12.3 Å². The van der Waals surface area contributed by atoms with Crippen molar-refractivity contribution in [2.75, 3.05) is 13.4 Å². The first-order valence-corrected chi connectivity index (χ1v) is 12.3. The minimum absolute atomic E-state index is 0.0164. The third kappa shape index (κ3) is 3.05. The van der Waals surface area contributed by atoms with E-state index in [1.165, 1.54) is 6.33 Å². The van der Waals surface area contributed by atoms with Crippen LogP contribution >= 0.6 is 0 Å². The second-order valence-electron chi connectivity index (χ2n) is 9.59. The summed E-state index contributed by atoms with van der Waals surface area (Å²) in [5.41, 5.74) is 3.16. The monoisotopic (exact) mass is 528 g/mol. The van der Waals surface area contributed by atoms with Gasteiger partial charge >= 0.3 is 0 Å². The molecule has 3 aromatic heterocycles. The number of nitrogens with one attached hydrogen (secondary N) is 2. The van der Waals surface area contributed by atoms with E-state index in [-0.39, 0.29) is 42.8 Å². The number of aromatic nitrogens is 5. The molecule has 39 heavy (non-hydrogen) atoms. The summed E-state index contributed by atoms with van der Waals surface area (Å²) >= 11 is 0. The van der Waals surface area contributed by atoms with E-state index in [0.29, 0.717) is 33.7 Å². The number of aromatic amines is 2. The lowest BCUT2D eigenvalue weighted by atomic mass is 9.85. The van der Waals surface area contributed by atoms with E-state index in [4.69, 9.17) is 19.2 Å². The van der Waals surface area contributed by atoms with Crippen LogP contribution in [0.15, 0.2) is 46.4 Å². The molecule has 0 saturated carbocycles. The van der Waals surface area contributed by atoms with Crippen LogP contribution in [0, 0.1) is 0 Å². The highest BCUT2D eigenvalue weighted by Crippen LogP contribution is 2.52. The van der Waals surface area contributed by atoms with E-state index in [2.05, 4.69) is 19.9 Å². The van der Waals surface area contributed by atoms with E-state index < -0.39 is 24.0 Å². The first kappa shape index (κ1) is 22.3. The fourth-order valence-corrected chi connectivity index (χ4v) is 5.66. The van der Waals surface area contributed by atoms with Gasteiger partial charge in [-0.25, -0.2) is 9.98 Å². The Balaban J connectivity index is 1.34. The molecule has 2 aromatic carbocycles. The molecule has 13 nitrogen and oxygen atoms in total. The van der Waals surface area contributed by atoms with Gasteiger partial charge in [-0.15, -0.1) is 0 Å². The summed E-state index contributed by atoms with van der Waals surface area (Å²) in [5, 5.41) is 31.7. The van der Waals surface area contributed by atoms with E-state index in [0.717, 1.165) is 16.7 Å². The van der Waals surface area contributed by atoms with Gasteiger partial charge in [0.2, 0.25) is 12.7 Å². The first-order valence-electron chi connectivity index (χ1n) is 12.3. The quantitative estimate of drug-likeness (QED) is 0.229. The van der Waals surface area contributed by atoms with Crippen LogP contribution in [0.3, 0.4) is 0 Å². The predicted octanol–water partition coefficient (Wildman–Crippen LogP) is 1.83. The molecule has 196 valence electrons. The number of aliphatic hydroxyl groups excluding tert-OH is 2. The number of nitrogens with zero attached hydrogens (tertiary/aromatic N) is 4. The van der Waals surface area contributed by atoms with Gasteiger partial charge in [-0.1, -0.05) is 24.3 Å². The van der Waals surface area contributed by atoms with Crippen molar-refractivity contribution >= 4 is 33.6 Å². The Morgan fingerprint density at radius 1 is 1.18 bits per heavy atom. The molecule has 0 unspecified atom stereocenters. The number of aromatic hydroxyl groups is 1. The van der Waals surface area contributed by atoms with Gasteiger partial charge in [0.05, 0.1) is 30.4 Å². The standard InChI is InChI=1S/C26H20N6O7/c33-7-15-13(34)6-16(39-15)32-8-27-21-23(32)30-26(31-25(21)36)29-19-11-4-2-1-3-10(11)18-17-12(24(35)28-20(17)19)5-14-22(18)38-9-37-14/h1-5,8,13,15-16,28,33-35H,6-7,9H2,(H,30,31,36)/b29-19-/t13-,15+,16+/m0/s1. The van der Waals surface area contributed by atoms with Gasteiger partial charge in [0, 0.05) is 28.3 Å². The maximum Gasteiger partial charge on any atom is 0.280 e. The Hall–Kier alpha value is -4.72. The number of hydrogen-bond acceptors (Lipinski definition) is 10. The molecule has 5 N–H and O–H groups in total. The van der Waals surface area contributed by atoms with E-state index in [1.54, 1.807) is 10.6 Å². The summed E-state index contributed by atoms with van der Waals surface area (Å²) in [6.07, 6.45) is -0.649. The predicted molar refractivity (Wildman–Crippen MR) is 137 cm³/mol. The topological polar surface area (TPSA) is 180 Å². The third-order valence-electron chi connectivity index (χ3n) is 7.43. The van der Waals surface area contributed by atoms with Crippen molar-refractivity contribution in [1.82, 2.24) is 24.5 Å². The van der Waals surface area contributed by atoms with Gasteiger partial charge < -0.3 is 34.5 Å². The molecule has 8 rings (SSSR count). The number of rotatable bonds is 3. The average Bonchev–Trinajstić information content (AvgIpc) is 3.72. The van der Waals surface area contributed by atoms with Crippen LogP contribution in [0.1, 0.15) is 23.9 Å². The second kappa shape index (κ2) is 7.89. The highest BCUT2D eigenvalue weighted by Gasteiger charge is 2.36. The molecule has 0 bridgehead atoms. The molecule has 5 heterocycles.